The maximum Gasteiger partial charge on any atom is 0.246 e. The van der Waals surface area contributed by atoms with Gasteiger partial charge >= 0.3 is 0 Å². The number of fused-ring (bicyclic) bond motifs is 1. The van der Waals surface area contributed by atoms with Gasteiger partial charge in [0.25, 0.3) is 0 Å². The molecular formula is C13H20N2O3S2. The van der Waals surface area contributed by atoms with Gasteiger partial charge in [-0.2, -0.15) is 0 Å². The Bertz CT molecular complexity index is 434. The predicted octanol–water partition coefficient (Wildman–Crippen LogP) is 0.641. The number of thioether (sulfide) groups is 2. The summed E-state index contributed by atoms with van der Waals surface area (Å²) in [6.07, 6.45) is 0.0840. The second kappa shape index (κ2) is 5.42. The summed E-state index contributed by atoms with van der Waals surface area (Å²) in [6, 6.07) is -0.288. The van der Waals surface area contributed by atoms with Crippen molar-refractivity contribution in [1.82, 2.24) is 9.80 Å². The van der Waals surface area contributed by atoms with E-state index in [2.05, 4.69) is 6.92 Å². The summed E-state index contributed by atoms with van der Waals surface area (Å²) < 4.78 is 5.49. The molecule has 5 nitrogen and oxygen atoms in total. The van der Waals surface area contributed by atoms with E-state index in [9.17, 15) is 9.59 Å². The number of amides is 2. The highest BCUT2D eigenvalue weighted by Crippen LogP contribution is 2.44. The van der Waals surface area contributed by atoms with Crippen molar-refractivity contribution in [3.05, 3.63) is 0 Å². The quantitative estimate of drug-likeness (QED) is 0.711. The fraction of sp³-hybridized carbons (Fsp3) is 0.846. The summed E-state index contributed by atoms with van der Waals surface area (Å²) in [5, 5.41) is 0. The van der Waals surface area contributed by atoms with Crippen molar-refractivity contribution in [2.24, 2.45) is 0 Å². The van der Waals surface area contributed by atoms with Crippen LogP contribution < -0.4 is 0 Å². The fourth-order valence-electron chi connectivity index (χ4n) is 3.09. The van der Waals surface area contributed by atoms with Crippen LogP contribution in [0.5, 0.6) is 0 Å². The summed E-state index contributed by atoms with van der Waals surface area (Å²) >= 11 is 3.41. The highest BCUT2D eigenvalue weighted by atomic mass is 32.2. The molecule has 3 rings (SSSR count). The summed E-state index contributed by atoms with van der Waals surface area (Å²) in [5.41, 5.74) is 0. The average molecular weight is 316 g/mol. The minimum Gasteiger partial charge on any atom is -0.375 e. The number of hydrogen-bond acceptors (Lipinski definition) is 5. The standard InChI is InChI=1S/C13H20N2O3S2/c1-9-5-14(3-4-18-9)12(17)10-6-20-13(2)8-19-7-11(16)15(10)13/h9-10H,3-8H2,1-2H3/t9-,10+,13-/m1/s1. The van der Waals surface area contributed by atoms with Gasteiger partial charge < -0.3 is 14.5 Å². The molecule has 0 aromatic rings. The summed E-state index contributed by atoms with van der Waals surface area (Å²) in [5.74, 6) is 2.32. The molecule has 0 radical (unpaired) electrons. The summed E-state index contributed by atoms with van der Waals surface area (Å²) in [6.45, 7) is 5.92. The normalized spacial score (nSPS) is 38.0. The van der Waals surface area contributed by atoms with Gasteiger partial charge in [0.1, 0.15) is 6.04 Å². The molecule has 0 bridgehead atoms. The van der Waals surface area contributed by atoms with Crippen LogP contribution >= 0.6 is 23.5 Å². The molecule has 0 spiro atoms. The molecule has 3 atom stereocenters. The van der Waals surface area contributed by atoms with Gasteiger partial charge in [0, 0.05) is 24.6 Å². The zero-order chi connectivity index (χ0) is 14.3. The van der Waals surface area contributed by atoms with Gasteiger partial charge in [-0.05, 0) is 13.8 Å². The van der Waals surface area contributed by atoms with Crippen molar-refractivity contribution in [1.29, 1.82) is 0 Å². The maximum absolute atomic E-state index is 12.7. The lowest BCUT2D eigenvalue weighted by atomic mass is 10.1. The van der Waals surface area contributed by atoms with Crippen LogP contribution in [0, 0.1) is 0 Å². The van der Waals surface area contributed by atoms with Gasteiger partial charge in [0.15, 0.2) is 0 Å². The predicted molar refractivity (Wildman–Crippen MR) is 80.8 cm³/mol. The third-order valence-electron chi connectivity index (χ3n) is 4.08. The number of morpholine rings is 1. The zero-order valence-electron chi connectivity index (χ0n) is 11.8. The molecule has 112 valence electrons. The summed E-state index contributed by atoms with van der Waals surface area (Å²) in [4.78, 5) is 28.5. The first-order valence-electron chi connectivity index (χ1n) is 6.95. The Morgan fingerprint density at radius 3 is 3.05 bits per heavy atom. The van der Waals surface area contributed by atoms with Crippen molar-refractivity contribution in [3.63, 3.8) is 0 Å². The third-order valence-corrected chi connectivity index (χ3v) is 6.92. The van der Waals surface area contributed by atoms with Crippen molar-refractivity contribution in [3.8, 4) is 0 Å². The topological polar surface area (TPSA) is 49.9 Å². The van der Waals surface area contributed by atoms with E-state index in [1.54, 1.807) is 23.5 Å². The largest absolute Gasteiger partial charge is 0.375 e. The molecule has 3 saturated heterocycles. The second-order valence-electron chi connectivity index (χ2n) is 5.72. The van der Waals surface area contributed by atoms with E-state index in [4.69, 9.17) is 4.74 Å². The molecule has 7 heteroatoms. The van der Waals surface area contributed by atoms with Crippen LogP contribution in [0.1, 0.15) is 13.8 Å². The van der Waals surface area contributed by atoms with E-state index in [1.165, 1.54) is 0 Å². The van der Waals surface area contributed by atoms with E-state index in [1.807, 2.05) is 16.7 Å². The lowest BCUT2D eigenvalue weighted by molar-refractivity contribution is -0.149. The first-order valence-corrected chi connectivity index (χ1v) is 9.09. The Morgan fingerprint density at radius 2 is 2.30 bits per heavy atom. The molecule has 0 aromatic heterocycles. The molecule has 0 aliphatic carbocycles. The van der Waals surface area contributed by atoms with Crippen LogP contribution in [-0.4, -0.2) is 75.6 Å². The van der Waals surface area contributed by atoms with Gasteiger partial charge in [-0.25, -0.2) is 0 Å². The van der Waals surface area contributed by atoms with E-state index in [0.29, 0.717) is 31.2 Å². The van der Waals surface area contributed by atoms with E-state index in [-0.39, 0.29) is 28.8 Å². The number of carbonyl (C=O) groups is 2. The van der Waals surface area contributed by atoms with Crippen molar-refractivity contribution in [2.75, 3.05) is 37.0 Å². The van der Waals surface area contributed by atoms with Crippen LogP contribution in [-0.2, 0) is 14.3 Å². The molecule has 0 saturated carbocycles. The Labute approximate surface area is 127 Å². The molecule has 2 amide bonds. The number of carbonyl (C=O) groups excluding carboxylic acids is 2. The van der Waals surface area contributed by atoms with Crippen molar-refractivity contribution >= 4 is 35.3 Å². The zero-order valence-corrected chi connectivity index (χ0v) is 13.5. The Hall–Kier alpha value is -0.400. The molecule has 0 aromatic carbocycles. The van der Waals surface area contributed by atoms with E-state index < -0.39 is 0 Å². The second-order valence-corrected chi connectivity index (χ2v) is 8.21. The highest BCUT2D eigenvalue weighted by Gasteiger charge is 2.52. The highest BCUT2D eigenvalue weighted by molar-refractivity contribution is 8.04. The molecule has 3 fully saturated rings. The maximum atomic E-state index is 12.7. The van der Waals surface area contributed by atoms with E-state index >= 15 is 0 Å². The van der Waals surface area contributed by atoms with Crippen LogP contribution in [0.4, 0.5) is 0 Å². The Balaban J connectivity index is 1.76. The fourth-order valence-corrected chi connectivity index (χ4v) is 5.78. The number of nitrogens with zero attached hydrogens (tertiary/aromatic N) is 2. The average Bonchev–Trinajstić information content (AvgIpc) is 2.77. The Morgan fingerprint density at radius 1 is 1.50 bits per heavy atom. The van der Waals surface area contributed by atoms with Crippen LogP contribution in [0.15, 0.2) is 0 Å². The number of hydrogen-bond donors (Lipinski definition) is 0. The smallest absolute Gasteiger partial charge is 0.246 e. The van der Waals surface area contributed by atoms with Gasteiger partial charge in [0.05, 0.1) is 23.3 Å². The molecule has 3 aliphatic rings. The Kier molecular flexibility index (Phi) is 3.94. The first kappa shape index (κ1) is 14.5. The van der Waals surface area contributed by atoms with Crippen LogP contribution in [0.25, 0.3) is 0 Å². The molecular weight excluding hydrogens is 296 g/mol. The first-order chi connectivity index (χ1) is 9.51. The van der Waals surface area contributed by atoms with Crippen molar-refractivity contribution in [2.45, 2.75) is 30.9 Å². The molecule has 0 N–H and O–H groups in total. The van der Waals surface area contributed by atoms with Gasteiger partial charge in [0.2, 0.25) is 11.8 Å². The molecule has 0 unspecified atom stereocenters. The number of rotatable bonds is 1. The minimum atomic E-state index is -0.288. The summed E-state index contributed by atoms with van der Waals surface area (Å²) in [7, 11) is 0. The van der Waals surface area contributed by atoms with Gasteiger partial charge in [-0.15, -0.1) is 23.5 Å². The van der Waals surface area contributed by atoms with Crippen LogP contribution in [0.3, 0.4) is 0 Å². The SMILES string of the molecule is C[C@@H]1CN(C(=O)[C@@H]2CS[C@]3(C)CSCC(=O)N23)CCO1. The molecule has 3 heterocycles. The van der Waals surface area contributed by atoms with Crippen LogP contribution in [0.2, 0.25) is 0 Å². The molecule has 3 aliphatic heterocycles. The van der Waals surface area contributed by atoms with Gasteiger partial charge in [-0.1, -0.05) is 0 Å². The van der Waals surface area contributed by atoms with E-state index in [0.717, 1.165) is 5.75 Å². The van der Waals surface area contributed by atoms with Crippen molar-refractivity contribution < 1.29 is 14.3 Å². The monoisotopic (exact) mass is 316 g/mol. The molecule has 20 heavy (non-hydrogen) atoms. The number of ether oxygens (including phenoxy) is 1. The lowest BCUT2D eigenvalue weighted by Crippen LogP contribution is -2.59. The van der Waals surface area contributed by atoms with Gasteiger partial charge in [-0.3, -0.25) is 9.59 Å². The lowest BCUT2D eigenvalue weighted by Gasteiger charge is -2.42. The minimum absolute atomic E-state index is 0.0840. The third kappa shape index (κ3) is 2.44.